The molecule has 2 unspecified atom stereocenters. The first-order valence-corrected chi connectivity index (χ1v) is 6.58. The Morgan fingerprint density at radius 2 is 2.29 bits per heavy atom. The Morgan fingerprint density at radius 1 is 1.35 bits per heavy atom. The van der Waals surface area contributed by atoms with E-state index in [1.807, 2.05) is 30.0 Å². The van der Waals surface area contributed by atoms with Crippen molar-refractivity contribution in [2.45, 2.75) is 12.0 Å². The van der Waals surface area contributed by atoms with Crippen molar-refractivity contribution >= 4 is 11.8 Å². The van der Waals surface area contributed by atoms with Crippen LogP contribution in [-0.4, -0.2) is 32.7 Å². The molecule has 17 heavy (non-hydrogen) atoms. The molecule has 0 aromatic carbocycles. The number of rotatable bonds is 2. The van der Waals surface area contributed by atoms with Crippen LogP contribution in [0.15, 0.2) is 28.9 Å². The molecule has 0 radical (unpaired) electrons. The molecule has 88 valence electrons. The molecule has 3 heterocycles. The summed E-state index contributed by atoms with van der Waals surface area (Å²) in [6.07, 6.45) is 1.71. The number of hydrogen-bond donors (Lipinski definition) is 1. The van der Waals surface area contributed by atoms with Gasteiger partial charge < -0.3 is 10.3 Å². The van der Waals surface area contributed by atoms with E-state index in [1.165, 1.54) is 0 Å². The van der Waals surface area contributed by atoms with Crippen molar-refractivity contribution in [3.8, 4) is 11.5 Å². The molecule has 0 spiro atoms. The molecule has 2 atom stereocenters. The standard InChI is InChI=1S/C11H12N4OS/c12-8-6-17-5-7(8)11-14-10(15-16-11)9-3-1-2-4-13-9/h1-4,7-8H,5-6,12H2. The van der Waals surface area contributed by atoms with Crippen molar-refractivity contribution < 1.29 is 4.52 Å². The maximum Gasteiger partial charge on any atom is 0.232 e. The fourth-order valence-corrected chi connectivity index (χ4v) is 3.09. The van der Waals surface area contributed by atoms with Gasteiger partial charge in [0.05, 0.1) is 5.92 Å². The van der Waals surface area contributed by atoms with Crippen LogP contribution in [0.2, 0.25) is 0 Å². The molecular weight excluding hydrogens is 236 g/mol. The number of nitrogens with two attached hydrogens (primary N) is 1. The van der Waals surface area contributed by atoms with E-state index in [2.05, 4.69) is 15.1 Å². The highest BCUT2D eigenvalue weighted by Gasteiger charge is 2.31. The minimum Gasteiger partial charge on any atom is -0.339 e. The molecule has 1 aliphatic heterocycles. The van der Waals surface area contributed by atoms with Gasteiger partial charge in [-0.05, 0) is 12.1 Å². The maximum absolute atomic E-state index is 5.99. The molecule has 6 heteroatoms. The average Bonchev–Trinajstić information content (AvgIpc) is 2.98. The Hall–Kier alpha value is -1.40. The Balaban J connectivity index is 1.88. The van der Waals surface area contributed by atoms with Crippen LogP contribution in [0.25, 0.3) is 11.5 Å². The monoisotopic (exact) mass is 248 g/mol. The van der Waals surface area contributed by atoms with Gasteiger partial charge in [0, 0.05) is 23.7 Å². The van der Waals surface area contributed by atoms with Gasteiger partial charge in [0.25, 0.3) is 0 Å². The average molecular weight is 248 g/mol. The summed E-state index contributed by atoms with van der Waals surface area (Å²) in [5.74, 6) is 3.23. The summed E-state index contributed by atoms with van der Waals surface area (Å²) in [7, 11) is 0. The molecule has 1 saturated heterocycles. The molecule has 5 nitrogen and oxygen atoms in total. The topological polar surface area (TPSA) is 77.8 Å². The lowest BCUT2D eigenvalue weighted by Crippen LogP contribution is -2.26. The summed E-state index contributed by atoms with van der Waals surface area (Å²) in [6.45, 7) is 0. The van der Waals surface area contributed by atoms with E-state index >= 15 is 0 Å². The van der Waals surface area contributed by atoms with Crippen LogP contribution in [-0.2, 0) is 0 Å². The van der Waals surface area contributed by atoms with Crippen molar-refractivity contribution in [1.29, 1.82) is 0 Å². The first-order valence-electron chi connectivity index (χ1n) is 5.43. The molecular formula is C11H12N4OS. The van der Waals surface area contributed by atoms with Crippen molar-refractivity contribution in [2.75, 3.05) is 11.5 Å². The molecule has 3 rings (SSSR count). The third kappa shape index (κ3) is 2.05. The van der Waals surface area contributed by atoms with Gasteiger partial charge >= 0.3 is 0 Å². The third-order valence-electron chi connectivity index (χ3n) is 2.78. The van der Waals surface area contributed by atoms with Crippen LogP contribution < -0.4 is 5.73 Å². The quantitative estimate of drug-likeness (QED) is 0.862. The van der Waals surface area contributed by atoms with Crippen molar-refractivity contribution in [3.05, 3.63) is 30.3 Å². The highest BCUT2D eigenvalue weighted by molar-refractivity contribution is 7.99. The van der Waals surface area contributed by atoms with Gasteiger partial charge in [-0.25, -0.2) is 0 Å². The van der Waals surface area contributed by atoms with Crippen molar-refractivity contribution in [1.82, 2.24) is 15.1 Å². The van der Waals surface area contributed by atoms with E-state index in [1.54, 1.807) is 6.20 Å². The lowest BCUT2D eigenvalue weighted by atomic mass is 10.1. The van der Waals surface area contributed by atoms with E-state index in [0.29, 0.717) is 11.7 Å². The summed E-state index contributed by atoms with van der Waals surface area (Å²) >= 11 is 1.82. The zero-order chi connectivity index (χ0) is 11.7. The smallest absolute Gasteiger partial charge is 0.232 e. The zero-order valence-corrected chi connectivity index (χ0v) is 9.93. The van der Waals surface area contributed by atoms with Gasteiger partial charge in [0.15, 0.2) is 0 Å². The Labute approximate surface area is 103 Å². The Morgan fingerprint density at radius 3 is 3.00 bits per heavy atom. The minimum absolute atomic E-state index is 0.108. The van der Waals surface area contributed by atoms with Gasteiger partial charge in [-0.1, -0.05) is 11.2 Å². The summed E-state index contributed by atoms with van der Waals surface area (Å²) < 4.78 is 5.28. The molecule has 0 aliphatic carbocycles. The highest BCUT2D eigenvalue weighted by Crippen LogP contribution is 2.31. The van der Waals surface area contributed by atoms with E-state index in [9.17, 15) is 0 Å². The van der Waals surface area contributed by atoms with Gasteiger partial charge in [0.2, 0.25) is 11.7 Å². The van der Waals surface area contributed by atoms with Crippen LogP contribution >= 0.6 is 11.8 Å². The van der Waals surface area contributed by atoms with Crippen molar-refractivity contribution in [2.24, 2.45) is 5.73 Å². The molecule has 0 saturated carbocycles. The van der Waals surface area contributed by atoms with Crippen LogP contribution in [0.1, 0.15) is 11.8 Å². The summed E-state index contributed by atoms with van der Waals surface area (Å²) in [5, 5.41) is 3.95. The molecule has 0 bridgehead atoms. The van der Waals surface area contributed by atoms with Crippen LogP contribution in [0, 0.1) is 0 Å². The maximum atomic E-state index is 5.99. The highest BCUT2D eigenvalue weighted by atomic mass is 32.2. The zero-order valence-electron chi connectivity index (χ0n) is 9.11. The van der Waals surface area contributed by atoms with E-state index in [4.69, 9.17) is 10.3 Å². The largest absolute Gasteiger partial charge is 0.339 e. The molecule has 1 aliphatic rings. The lowest BCUT2D eigenvalue weighted by Gasteiger charge is -2.07. The summed E-state index contributed by atoms with van der Waals surface area (Å²) in [5.41, 5.74) is 6.72. The first kappa shape index (κ1) is 10.7. The normalized spacial score (nSPS) is 24.1. The third-order valence-corrected chi connectivity index (χ3v) is 3.99. The Kier molecular flexibility index (Phi) is 2.82. The summed E-state index contributed by atoms with van der Waals surface area (Å²) in [6, 6.07) is 5.72. The predicted molar refractivity (Wildman–Crippen MR) is 65.6 cm³/mol. The van der Waals surface area contributed by atoms with Gasteiger partial charge in [-0.15, -0.1) is 0 Å². The molecule has 0 amide bonds. The van der Waals surface area contributed by atoms with E-state index in [-0.39, 0.29) is 12.0 Å². The van der Waals surface area contributed by atoms with Gasteiger partial charge in [0.1, 0.15) is 5.69 Å². The molecule has 1 fully saturated rings. The summed E-state index contributed by atoms with van der Waals surface area (Å²) in [4.78, 5) is 8.57. The van der Waals surface area contributed by atoms with E-state index in [0.717, 1.165) is 17.2 Å². The predicted octanol–water partition coefficient (Wildman–Crippen LogP) is 1.29. The SMILES string of the molecule is NC1CSCC1c1nc(-c2ccccn2)no1. The second-order valence-corrected chi connectivity index (χ2v) is 5.05. The van der Waals surface area contributed by atoms with E-state index < -0.39 is 0 Å². The Bertz CT molecular complexity index is 501. The van der Waals surface area contributed by atoms with Crippen LogP contribution in [0.5, 0.6) is 0 Å². The molecule has 2 aromatic rings. The molecule has 2 aromatic heterocycles. The number of aromatic nitrogens is 3. The number of nitrogens with zero attached hydrogens (tertiary/aromatic N) is 3. The van der Waals surface area contributed by atoms with Crippen LogP contribution in [0.3, 0.4) is 0 Å². The number of hydrogen-bond acceptors (Lipinski definition) is 6. The minimum atomic E-state index is 0.108. The van der Waals surface area contributed by atoms with Gasteiger partial charge in [-0.2, -0.15) is 16.7 Å². The first-order chi connectivity index (χ1) is 8.34. The van der Waals surface area contributed by atoms with Gasteiger partial charge in [-0.3, -0.25) is 4.98 Å². The van der Waals surface area contributed by atoms with Crippen LogP contribution in [0.4, 0.5) is 0 Å². The number of pyridine rings is 1. The fourth-order valence-electron chi connectivity index (χ4n) is 1.81. The molecule has 2 N–H and O–H groups in total. The fraction of sp³-hybridized carbons (Fsp3) is 0.364. The lowest BCUT2D eigenvalue weighted by molar-refractivity contribution is 0.352. The van der Waals surface area contributed by atoms with Crippen molar-refractivity contribution in [3.63, 3.8) is 0 Å². The second-order valence-electron chi connectivity index (χ2n) is 3.98. The second kappa shape index (κ2) is 4.46. The number of thioether (sulfide) groups is 1.